The van der Waals surface area contributed by atoms with Crippen LogP contribution >= 0.6 is 22.9 Å². The van der Waals surface area contributed by atoms with Gasteiger partial charge in [-0.2, -0.15) is 13.2 Å². The van der Waals surface area contributed by atoms with E-state index in [1.807, 2.05) is 0 Å². The summed E-state index contributed by atoms with van der Waals surface area (Å²) in [5, 5.41) is 10.1. The molecule has 0 fully saturated rings. The first kappa shape index (κ1) is 23.4. The molecule has 1 amide bonds. The number of anilines is 1. The Balaban J connectivity index is 2.25. The largest absolute Gasteiger partial charge is 0.402 e. The Morgan fingerprint density at radius 2 is 2.10 bits per heavy atom. The molecule has 2 heterocycles. The highest BCUT2D eigenvalue weighted by Crippen LogP contribution is 2.38. The van der Waals surface area contributed by atoms with Crippen molar-refractivity contribution in [1.29, 1.82) is 0 Å². The Bertz CT molecular complexity index is 996. The lowest BCUT2D eigenvalue weighted by Gasteiger charge is -2.23. The third-order valence-electron chi connectivity index (χ3n) is 3.74. The summed E-state index contributed by atoms with van der Waals surface area (Å²) in [6.07, 6.45) is -2.10. The summed E-state index contributed by atoms with van der Waals surface area (Å²) >= 11 is 7.18. The Morgan fingerprint density at radius 1 is 1.45 bits per heavy atom. The van der Waals surface area contributed by atoms with Gasteiger partial charge in [0.05, 0.1) is 11.3 Å². The number of carbonyl (C=O) groups excluding carboxylic acids is 1. The van der Waals surface area contributed by atoms with Gasteiger partial charge >= 0.3 is 6.18 Å². The van der Waals surface area contributed by atoms with Gasteiger partial charge in [-0.05, 0) is 13.0 Å². The number of sulfone groups is 1. The number of aromatic nitrogens is 2. The standard InChI is InChI=1S/C16H18ClF3N3O4S2/c1-3-23(14(24)10(2)8-29(26,27)9-16(18,19)20)15-12(17)21-13(28-15)11-5-4-6-22(25)7-11/h4-7,10,25H,3,8-9H2,1-2H3/q+1. The molecule has 160 valence electrons. The first-order chi connectivity index (χ1) is 13.3. The molecule has 1 unspecified atom stereocenters. The highest BCUT2D eigenvalue weighted by Gasteiger charge is 2.37. The van der Waals surface area contributed by atoms with E-state index >= 15 is 0 Å². The van der Waals surface area contributed by atoms with E-state index in [2.05, 4.69) is 4.98 Å². The number of hydrogen-bond acceptors (Lipinski definition) is 6. The van der Waals surface area contributed by atoms with Gasteiger partial charge in [-0.15, -0.1) is 0 Å². The number of amides is 1. The van der Waals surface area contributed by atoms with Crippen molar-refractivity contribution < 1.29 is 36.3 Å². The first-order valence-corrected chi connectivity index (χ1v) is 11.3. The number of pyridine rings is 1. The van der Waals surface area contributed by atoms with Crippen LogP contribution in [0.5, 0.6) is 0 Å². The van der Waals surface area contributed by atoms with Crippen LogP contribution in [-0.2, 0) is 14.6 Å². The number of hydrogen-bond donors (Lipinski definition) is 1. The van der Waals surface area contributed by atoms with Crippen LogP contribution in [0.3, 0.4) is 0 Å². The fraction of sp³-hybridized carbons (Fsp3) is 0.438. The minimum atomic E-state index is -4.87. The molecule has 7 nitrogen and oxygen atoms in total. The van der Waals surface area contributed by atoms with E-state index in [0.29, 0.717) is 10.6 Å². The van der Waals surface area contributed by atoms with Crippen LogP contribution in [0.2, 0.25) is 5.15 Å². The summed E-state index contributed by atoms with van der Waals surface area (Å²) in [5.74, 6) is -4.81. The molecule has 29 heavy (non-hydrogen) atoms. The van der Waals surface area contributed by atoms with Gasteiger partial charge in [0.15, 0.2) is 15.0 Å². The van der Waals surface area contributed by atoms with E-state index in [-0.39, 0.29) is 16.7 Å². The van der Waals surface area contributed by atoms with Gasteiger partial charge in [0.25, 0.3) is 0 Å². The molecule has 13 heteroatoms. The maximum Gasteiger partial charge on any atom is 0.402 e. The molecule has 2 rings (SSSR count). The number of thiazole rings is 1. The molecular weight excluding hydrogens is 455 g/mol. The van der Waals surface area contributed by atoms with Crippen LogP contribution in [0.4, 0.5) is 18.2 Å². The normalized spacial score (nSPS) is 13.3. The van der Waals surface area contributed by atoms with Gasteiger partial charge in [-0.1, -0.05) is 29.9 Å². The first-order valence-electron chi connectivity index (χ1n) is 8.28. The summed E-state index contributed by atoms with van der Waals surface area (Å²) in [6.45, 7) is 2.98. The third kappa shape index (κ3) is 6.28. The SMILES string of the molecule is CCN(C(=O)C(C)CS(=O)(=O)CC(F)(F)F)c1sc(-c2ccc[n+](O)c2)nc1Cl. The molecule has 0 bridgehead atoms. The molecule has 0 spiro atoms. The van der Waals surface area contributed by atoms with Crippen LogP contribution in [0.1, 0.15) is 13.8 Å². The van der Waals surface area contributed by atoms with E-state index in [1.165, 1.54) is 24.2 Å². The molecule has 2 aromatic heterocycles. The van der Waals surface area contributed by atoms with Gasteiger partial charge in [0.2, 0.25) is 18.3 Å². The van der Waals surface area contributed by atoms with E-state index in [9.17, 15) is 31.6 Å². The highest BCUT2D eigenvalue weighted by atomic mass is 35.5. The number of halogens is 4. The molecule has 1 atom stereocenters. The van der Waals surface area contributed by atoms with Gasteiger partial charge in [-0.3, -0.25) is 10.0 Å². The van der Waals surface area contributed by atoms with Crippen molar-refractivity contribution in [3.8, 4) is 10.6 Å². The molecule has 0 aliphatic heterocycles. The summed E-state index contributed by atoms with van der Waals surface area (Å²) < 4.78 is 61.6. The van der Waals surface area contributed by atoms with E-state index in [4.69, 9.17) is 11.6 Å². The lowest BCUT2D eigenvalue weighted by Crippen LogP contribution is -2.38. The number of alkyl halides is 3. The average Bonchev–Trinajstić information content (AvgIpc) is 2.94. The van der Waals surface area contributed by atoms with E-state index in [0.717, 1.165) is 16.1 Å². The van der Waals surface area contributed by atoms with Crippen molar-refractivity contribution in [3.63, 3.8) is 0 Å². The van der Waals surface area contributed by atoms with Crippen LogP contribution in [0, 0.1) is 5.92 Å². The predicted octanol–water partition coefficient (Wildman–Crippen LogP) is 2.95. The highest BCUT2D eigenvalue weighted by molar-refractivity contribution is 7.91. The van der Waals surface area contributed by atoms with E-state index in [1.54, 1.807) is 19.1 Å². The zero-order valence-corrected chi connectivity index (χ0v) is 17.7. The number of rotatable bonds is 7. The van der Waals surface area contributed by atoms with E-state index < -0.39 is 39.3 Å². The summed E-state index contributed by atoms with van der Waals surface area (Å²) in [6, 6.07) is 3.23. The fourth-order valence-electron chi connectivity index (χ4n) is 2.60. The van der Waals surface area contributed by atoms with Gasteiger partial charge in [0, 0.05) is 23.3 Å². The lowest BCUT2D eigenvalue weighted by atomic mass is 10.2. The summed E-state index contributed by atoms with van der Waals surface area (Å²) in [7, 11) is -4.51. The minimum absolute atomic E-state index is 0.0149. The Morgan fingerprint density at radius 3 is 2.66 bits per heavy atom. The summed E-state index contributed by atoms with van der Waals surface area (Å²) in [4.78, 5) is 18.1. The lowest BCUT2D eigenvalue weighted by molar-refractivity contribution is -0.904. The number of nitrogens with zero attached hydrogens (tertiary/aromatic N) is 3. The monoisotopic (exact) mass is 472 g/mol. The van der Waals surface area contributed by atoms with Crippen LogP contribution in [0.15, 0.2) is 24.5 Å². The molecule has 0 saturated carbocycles. The topological polar surface area (TPSA) is 91.5 Å². The second-order valence-corrected chi connectivity index (χ2v) is 9.69. The average molecular weight is 473 g/mol. The van der Waals surface area contributed by atoms with Crippen molar-refractivity contribution in [2.75, 3.05) is 23.0 Å². The molecule has 0 aliphatic rings. The van der Waals surface area contributed by atoms with Gasteiger partial charge in [0.1, 0.15) is 15.8 Å². The van der Waals surface area contributed by atoms with Crippen LogP contribution < -0.4 is 9.63 Å². The zero-order chi connectivity index (χ0) is 22.0. The Labute approximate surface area is 174 Å². The summed E-state index contributed by atoms with van der Waals surface area (Å²) in [5.41, 5.74) is 0.525. The predicted molar refractivity (Wildman–Crippen MR) is 102 cm³/mol. The Kier molecular flexibility index (Phi) is 7.12. The zero-order valence-electron chi connectivity index (χ0n) is 15.4. The van der Waals surface area contributed by atoms with Crippen molar-refractivity contribution in [2.45, 2.75) is 20.0 Å². The maximum atomic E-state index is 12.7. The minimum Gasteiger partial charge on any atom is -0.301 e. The molecule has 2 aromatic rings. The molecule has 0 saturated heterocycles. The second kappa shape index (κ2) is 8.84. The smallest absolute Gasteiger partial charge is 0.301 e. The molecule has 1 N–H and O–H groups in total. The molecule has 0 aromatic carbocycles. The quantitative estimate of drug-likeness (QED) is 0.494. The van der Waals surface area contributed by atoms with Crippen LogP contribution in [-0.4, -0.2) is 48.7 Å². The third-order valence-corrected chi connectivity index (χ3v) is 7.02. The second-order valence-electron chi connectivity index (χ2n) is 6.24. The molecule has 0 aliphatic carbocycles. The number of carbonyl (C=O) groups is 1. The Hall–Kier alpha value is -1.92. The van der Waals surface area contributed by atoms with Gasteiger partial charge < -0.3 is 4.90 Å². The molecule has 0 radical (unpaired) electrons. The van der Waals surface area contributed by atoms with Crippen molar-refractivity contribution in [1.82, 2.24) is 4.98 Å². The van der Waals surface area contributed by atoms with Crippen molar-refractivity contribution >= 4 is 43.7 Å². The van der Waals surface area contributed by atoms with Crippen molar-refractivity contribution in [2.24, 2.45) is 5.92 Å². The fourth-order valence-corrected chi connectivity index (χ4v) is 5.49. The maximum absolute atomic E-state index is 12.7. The van der Waals surface area contributed by atoms with Crippen LogP contribution in [0.25, 0.3) is 10.6 Å². The molecular formula is C16H18ClF3N3O4S2+. The van der Waals surface area contributed by atoms with Gasteiger partial charge in [-0.25, -0.2) is 13.4 Å². The van der Waals surface area contributed by atoms with Crippen molar-refractivity contribution in [3.05, 3.63) is 29.7 Å².